The smallest absolute Gasteiger partial charge is 0.240 e. The van der Waals surface area contributed by atoms with Crippen LogP contribution in [0.5, 0.6) is 0 Å². The predicted octanol–water partition coefficient (Wildman–Crippen LogP) is 1.28. The van der Waals surface area contributed by atoms with Gasteiger partial charge in [0.25, 0.3) is 0 Å². The van der Waals surface area contributed by atoms with Gasteiger partial charge in [-0.15, -0.1) is 0 Å². The highest BCUT2D eigenvalue weighted by Gasteiger charge is 2.29. The molecule has 0 atom stereocenters. The zero-order valence-electron chi connectivity index (χ0n) is 12.0. The summed E-state index contributed by atoms with van der Waals surface area (Å²) in [6.07, 6.45) is 5.92. The Bertz CT molecular complexity index is 411. The summed E-state index contributed by atoms with van der Waals surface area (Å²) in [5, 5.41) is 4.06. The Balaban J connectivity index is 1.39. The molecule has 1 saturated carbocycles. The number of rotatable bonds is 7. The lowest BCUT2D eigenvalue weighted by Crippen LogP contribution is -2.36. The number of hydrogen-bond acceptors (Lipinski definition) is 6. The van der Waals surface area contributed by atoms with Crippen LogP contribution in [-0.2, 0) is 11.3 Å². The van der Waals surface area contributed by atoms with Crippen molar-refractivity contribution in [3.8, 4) is 0 Å². The van der Waals surface area contributed by atoms with Crippen LogP contribution in [0.25, 0.3) is 0 Å². The molecule has 2 aliphatic rings. The predicted molar refractivity (Wildman–Crippen MR) is 74.2 cm³/mol. The summed E-state index contributed by atoms with van der Waals surface area (Å²) >= 11 is 0. The van der Waals surface area contributed by atoms with Gasteiger partial charge in [0.2, 0.25) is 5.89 Å². The highest BCUT2D eigenvalue weighted by atomic mass is 16.5. The minimum atomic E-state index is 0.391. The van der Waals surface area contributed by atoms with Crippen LogP contribution in [0, 0.1) is 0 Å². The van der Waals surface area contributed by atoms with Crippen LogP contribution in [0.1, 0.15) is 49.7 Å². The molecule has 0 aromatic carbocycles. The molecule has 1 aliphatic carbocycles. The maximum atomic E-state index is 5.81. The Morgan fingerprint density at radius 2 is 2.05 bits per heavy atom. The van der Waals surface area contributed by atoms with Gasteiger partial charge in [0.05, 0.1) is 12.6 Å². The summed E-state index contributed by atoms with van der Waals surface area (Å²) in [4.78, 5) is 6.85. The topological polar surface area (TPSA) is 77.4 Å². The lowest BCUT2D eigenvalue weighted by atomic mass is 10.1. The molecule has 6 nitrogen and oxygen atoms in total. The molecule has 0 radical (unpaired) electrons. The van der Waals surface area contributed by atoms with Crippen molar-refractivity contribution in [3.05, 3.63) is 11.7 Å². The van der Waals surface area contributed by atoms with Crippen molar-refractivity contribution in [1.29, 1.82) is 0 Å². The van der Waals surface area contributed by atoms with Crippen molar-refractivity contribution in [2.75, 3.05) is 26.2 Å². The fourth-order valence-electron chi connectivity index (χ4n) is 2.60. The van der Waals surface area contributed by atoms with Gasteiger partial charge in [-0.05, 0) is 38.6 Å². The number of likely N-dealkylation sites (tertiary alicyclic amines) is 1. The third-order valence-corrected chi connectivity index (χ3v) is 4.02. The fraction of sp³-hybridized carbons (Fsp3) is 0.857. The number of aromatic nitrogens is 2. The van der Waals surface area contributed by atoms with Crippen LogP contribution in [0.4, 0.5) is 0 Å². The number of ether oxygens (including phenoxy) is 1. The maximum Gasteiger partial charge on any atom is 0.240 e. The Kier molecular flexibility index (Phi) is 4.65. The van der Waals surface area contributed by atoms with E-state index in [1.165, 1.54) is 12.8 Å². The highest BCUT2D eigenvalue weighted by molar-refractivity contribution is 5.03. The van der Waals surface area contributed by atoms with Crippen molar-refractivity contribution in [1.82, 2.24) is 15.0 Å². The molecule has 0 unspecified atom stereocenters. The molecule has 2 heterocycles. The minimum Gasteiger partial charge on any atom is -0.378 e. The third kappa shape index (κ3) is 3.77. The Labute approximate surface area is 119 Å². The monoisotopic (exact) mass is 280 g/mol. The molecule has 1 aliphatic heterocycles. The van der Waals surface area contributed by atoms with Gasteiger partial charge in [-0.2, -0.15) is 4.98 Å². The molecule has 0 spiro atoms. The van der Waals surface area contributed by atoms with Crippen molar-refractivity contribution in [3.63, 3.8) is 0 Å². The van der Waals surface area contributed by atoms with Gasteiger partial charge in [0, 0.05) is 25.6 Å². The van der Waals surface area contributed by atoms with E-state index in [-0.39, 0.29) is 0 Å². The van der Waals surface area contributed by atoms with Crippen LogP contribution < -0.4 is 5.73 Å². The number of nitrogens with two attached hydrogens (primary N) is 1. The first-order valence-electron chi connectivity index (χ1n) is 7.71. The lowest BCUT2D eigenvalue weighted by molar-refractivity contribution is 0.00381. The van der Waals surface area contributed by atoms with E-state index in [2.05, 4.69) is 15.0 Å². The second-order valence-electron chi connectivity index (χ2n) is 5.81. The number of nitrogens with zero attached hydrogens (tertiary/aromatic N) is 3. The summed E-state index contributed by atoms with van der Waals surface area (Å²) in [6.45, 7) is 4.34. The zero-order chi connectivity index (χ0) is 13.8. The number of piperidine rings is 1. The average Bonchev–Trinajstić information content (AvgIpc) is 3.22. The van der Waals surface area contributed by atoms with E-state index in [0.717, 1.165) is 57.2 Å². The normalized spacial score (nSPS) is 21.4. The summed E-state index contributed by atoms with van der Waals surface area (Å²) in [7, 11) is 0. The van der Waals surface area contributed by atoms with Crippen LogP contribution in [0.15, 0.2) is 4.52 Å². The lowest BCUT2D eigenvalue weighted by Gasteiger charge is -2.30. The fourth-order valence-corrected chi connectivity index (χ4v) is 2.60. The quantitative estimate of drug-likeness (QED) is 0.758. The van der Waals surface area contributed by atoms with Gasteiger partial charge in [0.15, 0.2) is 5.82 Å². The molecule has 20 heavy (non-hydrogen) atoms. The maximum absolute atomic E-state index is 5.81. The first-order valence-corrected chi connectivity index (χ1v) is 7.71. The Morgan fingerprint density at radius 1 is 1.25 bits per heavy atom. The van der Waals surface area contributed by atoms with Crippen LogP contribution in [0.2, 0.25) is 0 Å². The second-order valence-corrected chi connectivity index (χ2v) is 5.81. The second kappa shape index (κ2) is 6.65. The van der Waals surface area contributed by atoms with Gasteiger partial charge in [-0.1, -0.05) is 5.16 Å². The first-order chi connectivity index (χ1) is 9.85. The van der Waals surface area contributed by atoms with Gasteiger partial charge < -0.3 is 15.0 Å². The largest absolute Gasteiger partial charge is 0.378 e. The van der Waals surface area contributed by atoms with Crippen LogP contribution in [-0.4, -0.2) is 47.4 Å². The van der Waals surface area contributed by atoms with E-state index >= 15 is 0 Å². The highest BCUT2D eigenvalue weighted by Crippen LogP contribution is 2.38. The van der Waals surface area contributed by atoms with E-state index in [0.29, 0.717) is 18.6 Å². The third-order valence-electron chi connectivity index (χ3n) is 4.02. The average molecular weight is 280 g/mol. The summed E-state index contributed by atoms with van der Waals surface area (Å²) in [5.41, 5.74) is 5.47. The summed E-state index contributed by atoms with van der Waals surface area (Å²) in [5.74, 6) is 2.23. The van der Waals surface area contributed by atoms with Crippen molar-refractivity contribution in [2.45, 2.75) is 50.7 Å². The Morgan fingerprint density at radius 3 is 2.75 bits per heavy atom. The summed E-state index contributed by atoms with van der Waals surface area (Å²) in [6, 6.07) is 0. The molecule has 6 heteroatoms. The van der Waals surface area contributed by atoms with Crippen molar-refractivity contribution < 1.29 is 9.26 Å². The van der Waals surface area contributed by atoms with Crippen molar-refractivity contribution >= 4 is 0 Å². The Hall–Kier alpha value is -0.980. The van der Waals surface area contributed by atoms with Crippen LogP contribution >= 0.6 is 0 Å². The standard InChI is InChI=1S/C14H24N4O2/c15-6-1-9-19-12-4-7-18(8-5-12)10-13-16-14(17-20-13)11-2-3-11/h11-12H,1-10,15H2. The number of hydrogen-bond donors (Lipinski definition) is 1. The van der Waals surface area contributed by atoms with E-state index < -0.39 is 0 Å². The molecule has 1 aromatic heterocycles. The van der Waals surface area contributed by atoms with E-state index in [1.807, 2.05) is 0 Å². The first kappa shape index (κ1) is 14.0. The molecule has 1 saturated heterocycles. The minimum absolute atomic E-state index is 0.391. The molecular weight excluding hydrogens is 256 g/mol. The molecular formula is C14H24N4O2. The van der Waals surface area contributed by atoms with E-state index in [9.17, 15) is 0 Å². The molecule has 3 rings (SSSR count). The van der Waals surface area contributed by atoms with Gasteiger partial charge in [-0.3, -0.25) is 4.90 Å². The molecule has 0 amide bonds. The zero-order valence-corrected chi connectivity index (χ0v) is 12.0. The molecule has 1 aromatic rings. The van der Waals surface area contributed by atoms with Gasteiger partial charge in [-0.25, -0.2) is 0 Å². The molecule has 2 fully saturated rings. The molecule has 112 valence electrons. The van der Waals surface area contributed by atoms with E-state index in [4.69, 9.17) is 15.0 Å². The molecule has 2 N–H and O–H groups in total. The molecule has 0 bridgehead atoms. The van der Waals surface area contributed by atoms with Gasteiger partial charge >= 0.3 is 0 Å². The van der Waals surface area contributed by atoms with E-state index in [1.54, 1.807) is 0 Å². The van der Waals surface area contributed by atoms with Crippen molar-refractivity contribution in [2.24, 2.45) is 5.73 Å². The summed E-state index contributed by atoms with van der Waals surface area (Å²) < 4.78 is 11.1. The van der Waals surface area contributed by atoms with Crippen LogP contribution in [0.3, 0.4) is 0 Å². The SMILES string of the molecule is NCCCOC1CCN(Cc2nc(C3CC3)no2)CC1. The van der Waals surface area contributed by atoms with Gasteiger partial charge in [0.1, 0.15) is 0 Å².